The standard InChI is InChI=1S/C16H17ClF3NO5/c1-2-24-14(23)8-21(9-16(18,19)20)13(22)7-10-5-11(17)15-12(6-10)25-3-4-26-15/h5-6H,2-4,7-9H2,1H3. The number of fused-ring (bicyclic) bond motifs is 1. The zero-order valence-electron chi connectivity index (χ0n) is 13.9. The second-order valence-corrected chi connectivity index (χ2v) is 5.86. The number of esters is 1. The van der Waals surface area contributed by atoms with Gasteiger partial charge in [-0.25, -0.2) is 0 Å². The molecule has 6 nitrogen and oxygen atoms in total. The van der Waals surface area contributed by atoms with Gasteiger partial charge in [0.1, 0.15) is 26.3 Å². The van der Waals surface area contributed by atoms with E-state index in [0.717, 1.165) is 0 Å². The Labute approximate surface area is 152 Å². The van der Waals surface area contributed by atoms with Crippen LogP contribution in [0.15, 0.2) is 12.1 Å². The van der Waals surface area contributed by atoms with Crippen LogP contribution in [-0.4, -0.2) is 55.9 Å². The largest absolute Gasteiger partial charge is 0.486 e. The van der Waals surface area contributed by atoms with Crippen molar-refractivity contribution >= 4 is 23.5 Å². The molecular weight excluding hydrogens is 379 g/mol. The lowest BCUT2D eigenvalue weighted by atomic mass is 10.1. The molecule has 2 rings (SSSR count). The zero-order valence-corrected chi connectivity index (χ0v) is 14.7. The summed E-state index contributed by atoms with van der Waals surface area (Å²) in [7, 11) is 0. The second kappa shape index (κ2) is 8.48. The van der Waals surface area contributed by atoms with Crippen molar-refractivity contribution in [2.45, 2.75) is 19.5 Å². The summed E-state index contributed by atoms with van der Waals surface area (Å²) in [6, 6.07) is 2.90. The predicted octanol–water partition coefficient (Wildman–Crippen LogP) is 2.61. The van der Waals surface area contributed by atoms with E-state index in [0.29, 0.717) is 35.2 Å². The van der Waals surface area contributed by atoms with E-state index in [9.17, 15) is 22.8 Å². The minimum atomic E-state index is -4.65. The van der Waals surface area contributed by atoms with Crippen LogP contribution in [-0.2, 0) is 20.7 Å². The SMILES string of the molecule is CCOC(=O)CN(CC(F)(F)F)C(=O)Cc1cc(Cl)c2c(c1)OCCO2. The number of amides is 1. The Kier molecular flexibility index (Phi) is 6.57. The molecule has 1 aliphatic rings. The number of alkyl halides is 3. The molecule has 0 aliphatic carbocycles. The van der Waals surface area contributed by atoms with Gasteiger partial charge in [0.05, 0.1) is 18.1 Å². The Morgan fingerprint density at radius 1 is 1.27 bits per heavy atom. The summed E-state index contributed by atoms with van der Waals surface area (Å²) in [6.45, 7) is -0.198. The molecule has 1 heterocycles. The molecule has 0 saturated carbocycles. The molecule has 1 aliphatic heterocycles. The van der Waals surface area contributed by atoms with E-state index in [1.807, 2.05) is 0 Å². The molecule has 1 aromatic rings. The third-order valence-electron chi connectivity index (χ3n) is 3.36. The summed E-state index contributed by atoms with van der Waals surface area (Å²) in [5.74, 6) is -1.15. The second-order valence-electron chi connectivity index (χ2n) is 5.45. The monoisotopic (exact) mass is 395 g/mol. The van der Waals surface area contributed by atoms with Crippen molar-refractivity contribution in [3.8, 4) is 11.5 Å². The van der Waals surface area contributed by atoms with Crippen LogP contribution in [0.3, 0.4) is 0 Å². The number of halogens is 4. The van der Waals surface area contributed by atoms with Gasteiger partial charge in [0.2, 0.25) is 5.91 Å². The molecule has 1 aromatic carbocycles. The highest BCUT2D eigenvalue weighted by Gasteiger charge is 2.34. The maximum absolute atomic E-state index is 12.7. The highest BCUT2D eigenvalue weighted by molar-refractivity contribution is 6.32. The molecule has 26 heavy (non-hydrogen) atoms. The Morgan fingerprint density at radius 2 is 1.96 bits per heavy atom. The third kappa shape index (κ3) is 5.69. The average molecular weight is 396 g/mol. The Bertz CT molecular complexity index is 681. The van der Waals surface area contributed by atoms with Gasteiger partial charge in [-0.15, -0.1) is 0 Å². The first kappa shape index (κ1) is 20.2. The van der Waals surface area contributed by atoms with Gasteiger partial charge in [0, 0.05) is 0 Å². The summed E-state index contributed by atoms with van der Waals surface area (Å²) >= 11 is 6.06. The van der Waals surface area contributed by atoms with Crippen LogP contribution in [0.2, 0.25) is 5.02 Å². The minimum absolute atomic E-state index is 0.00461. The van der Waals surface area contributed by atoms with Crippen LogP contribution in [0.4, 0.5) is 13.2 Å². The van der Waals surface area contributed by atoms with E-state index in [-0.39, 0.29) is 18.1 Å². The number of carbonyl (C=O) groups is 2. The number of benzene rings is 1. The van der Waals surface area contributed by atoms with E-state index >= 15 is 0 Å². The Balaban J connectivity index is 2.15. The summed E-state index contributed by atoms with van der Waals surface area (Å²) in [4.78, 5) is 24.2. The van der Waals surface area contributed by atoms with Crippen molar-refractivity contribution in [3.05, 3.63) is 22.7 Å². The molecule has 0 radical (unpaired) electrons. The minimum Gasteiger partial charge on any atom is -0.486 e. The molecular formula is C16H17ClF3NO5. The van der Waals surface area contributed by atoms with Crippen molar-refractivity contribution in [1.82, 2.24) is 4.90 Å². The summed E-state index contributed by atoms with van der Waals surface area (Å²) in [5.41, 5.74) is 0.347. The van der Waals surface area contributed by atoms with Gasteiger partial charge >= 0.3 is 12.1 Å². The molecule has 0 saturated heterocycles. The number of hydrogen-bond acceptors (Lipinski definition) is 5. The summed E-state index contributed by atoms with van der Waals surface area (Å²) in [6.07, 6.45) is -5.03. The van der Waals surface area contributed by atoms with Gasteiger partial charge in [0.15, 0.2) is 11.5 Å². The number of carbonyl (C=O) groups excluding carboxylic acids is 2. The van der Waals surface area contributed by atoms with Crippen molar-refractivity contribution in [1.29, 1.82) is 0 Å². The maximum atomic E-state index is 12.7. The molecule has 0 unspecified atom stereocenters. The van der Waals surface area contributed by atoms with Crippen LogP contribution in [0.25, 0.3) is 0 Å². The van der Waals surface area contributed by atoms with Crippen LogP contribution >= 0.6 is 11.6 Å². The van der Waals surface area contributed by atoms with E-state index in [2.05, 4.69) is 4.74 Å². The van der Waals surface area contributed by atoms with Crippen molar-refractivity contribution < 1.29 is 37.0 Å². The summed E-state index contributed by atoms with van der Waals surface area (Å²) < 4.78 is 53.5. The highest BCUT2D eigenvalue weighted by atomic mass is 35.5. The molecule has 10 heteroatoms. The van der Waals surface area contributed by atoms with Crippen LogP contribution in [0.1, 0.15) is 12.5 Å². The Morgan fingerprint density at radius 3 is 2.62 bits per heavy atom. The van der Waals surface area contributed by atoms with E-state index in [4.69, 9.17) is 21.1 Å². The molecule has 0 fully saturated rings. The summed E-state index contributed by atoms with van der Waals surface area (Å²) in [5, 5.41) is 0.192. The molecule has 144 valence electrons. The molecule has 0 atom stereocenters. The number of nitrogens with zero attached hydrogens (tertiary/aromatic N) is 1. The van der Waals surface area contributed by atoms with Gasteiger partial charge in [-0.05, 0) is 24.6 Å². The van der Waals surface area contributed by atoms with Crippen molar-refractivity contribution in [2.75, 3.05) is 32.9 Å². The highest BCUT2D eigenvalue weighted by Crippen LogP contribution is 2.38. The normalized spacial score (nSPS) is 13.3. The van der Waals surface area contributed by atoms with Crippen molar-refractivity contribution in [2.24, 2.45) is 0 Å². The maximum Gasteiger partial charge on any atom is 0.406 e. The van der Waals surface area contributed by atoms with E-state index < -0.39 is 31.1 Å². The number of rotatable bonds is 6. The van der Waals surface area contributed by atoms with E-state index in [1.54, 1.807) is 0 Å². The molecule has 1 amide bonds. The van der Waals surface area contributed by atoms with Gasteiger partial charge in [-0.2, -0.15) is 13.2 Å². The fourth-order valence-corrected chi connectivity index (χ4v) is 2.65. The third-order valence-corrected chi connectivity index (χ3v) is 3.64. The first-order valence-corrected chi connectivity index (χ1v) is 8.15. The van der Waals surface area contributed by atoms with Crippen LogP contribution < -0.4 is 9.47 Å². The lowest BCUT2D eigenvalue weighted by Crippen LogP contribution is -2.43. The quantitative estimate of drug-likeness (QED) is 0.693. The van der Waals surface area contributed by atoms with Crippen LogP contribution in [0, 0.1) is 0 Å². The van der Waals surface area contributed by atoms with Gasteiger partial charge < -0.3 is 19.1 Å². The van der Waals surface area contributed by atoms with Crippen molar-refractivity contribution in [3.63, 3.8) is 0 Å². The predicted molar refractivity (Wildman–Crippen MR) is 85.4 cm³/mol. The van der Waals surface area contributed by atoms with Gasteiger partial charge in [0.25, 0.3) is 0 Å². The molecule has 0 aromatic heterocycles. The first-order chi connectivity index (χ1) is 12.2. The van der Waals surface area contributed by atoms with E-state index in [1.165, 1.54) is 19.1 Å². The molecule has 0 bridgehead atoms. The topological polar surface area (TPSA) is 65.1 Å². The fraction of sp³-hybridized carbons (Fsp3) is 0.500. The smallest absolute Gasteiger partial charge is 0.406 e. The van der Waals surface area contributed by atoms with Gasteiger partial charge in [-0.1, -0.05) is 11.6 Å². The lowest BCUT2D eigenvalue weighted by molar-refractivity contribution is -0.167. The Hall–Kier alpha value is -2.16. The number of ether oxygens (including phenoxy) is 3. The first-order valence-electron chi connectivity index (χ1n) is 7.77. The van der Waals surface area contributed by atoms with Crippen LogP contribution in [0.5, 0.6) is 11.5 Å². The van der Waals surface area contributed by atoms with Gasteiger partial charge in [-0.3, -0.25) is 9.59 Å². The average Bonchev–Trinajstić information content (AvgIpc) is 2.53. The lowest BCUT2D eigenvalue weighted by Gasteiger charge is -2.24. The zero-order chi connectivity index (χ0) is 19.3. The fourth-order valence-electron chi connectivity index (χ4n) is 2.36. The number of hydrogen-bond donors (Lipinski definition) is 0. The molecule has 0 spiro atoms. The molecule has 0 N–H and O–H groups in total.